The van der Waals surface area contributed by atoms with Crippen LogP contribution in [0.2, 0.25) is 0 Å². The summed E-state index contributed by atoms with van der Waals surface area (Å²) in [5.41, 5.74) is 2.90. The molecule has 1 aromatic carbocycles. The minimum Gasteiger partial charge on any atom is -0.497 e. The van der Waals surface area contributed by atoms with Gasteiger partial charge in [0.2, 0.25) is 0 Å². The largest absolute Gasteiger partial charge is 0.497 e. The minimum atomic E-state index is 0.0636. The fourth-order valence-electron chi connectivity index (χ4n) is 6.66. The molecule has 166 valence electrons. The maximum absolute atomic E-state index is 6.85. The zero-order chi connectivity index (χ0) is 21.5. The third kappa shape index (κ3) is 3.84. The van der Waals surface area contributed by atoms with Gasteiger partial charge in [-0.3, -0.25) is 4.90 Å². The molecule has 0 N–H and O–H groups in total. The van der Waals surface area contributed by atoms with Gasteiger partial charge in [0.15, 0.2) is 0 Å². The molecule has 0 aliphatic carbocycles. The van der Waals surface area contributed by atoms with Gasteiger partial charge in [0.05, 0.1) is 19.3 Å². The number of benzene rings is 1. The van der Waals surface area contributed by atoms with Crippen LogP contribution in [0.1, 0.15) is 64.0 Å². The molecule has 3 nitrogen and oxygen atoms in total. The van der Waals surface area contributed by atoms with E-state index in [1.54, 1.807) is 7.11 Å². The standard InChI is InChI=1S/C27H41NO2/c1-7-21-17-28-13-11-22(21)14-25(28)26-27(12-10-18(2)3,16-20(5)30-26)24-15-23(29-6)9-8-19(24)4/h7-9,15,18,20-22,25-26H,1,10-14,16-17H2,2-6H3/t20-,21-,22?,25+,26+,27-/m1/s1. The predicted octanol–water partition coefficient (Wildman–Crippen LogP) is 5.75. The average Bonchev–Trinajstić information content (AvgIpc) is 3.09. The topological polar surface area (TPSA) is 21.7 Å². The lowest BCUT2D eigenvalue weighted by atomic mass is 9.63. The number of nitrogens with zero attached hydrogens (tertiary/aromatic N) is 1. The number of hydrogen-bond donors (Lipinski definition) is 0. The average molecular weight is 412 g/mol. The Bertz CT molecular complexity index is 759. The molecular formula is C27H41NO2. The van der Waals surface area contributed by atoms with Crippen molar-refractivity contribution < 1.29 is 9.47 Å². The molecule has 0 spiro atoms. The fourth-order valence-corrected chi connectivity index (χ4v) is 6.66. The zero-order valence-corrected chi connectivity index (χ0v) is 19.7. The number of fused-ring (bicyclic) bond motifs is 3. The van der Waals surface area contributed by atoms with Gasteiger partial charge in [-0.05, 0) is 87.1 Å². The van der Waals surface area contributed by atoms with E-state index in [1.807, 2.05) is 0 Å². The highest BCUT2D eigenvalue weighted by molar-refractivity contribution is 5.42. The molecule has 1 aromatic rings. The lowest BCUT2D eigenvalue weighted by Gasteiger charge is -2.53. The van der Waals surface area contributed by atoms with Gasteiger partial charge in [-0.2, -0.15) is 0 Å². The van der Waals surface area contributed by atoms with Gasteiger partial charge < -0.3 is 9.47 Å². The summed E-state index contributed by atoms with van der Waals surface area (Å²) < 4.78 is 12.5. The van der Waals surface area contributed by atoms with E-state index in [1.165, 1.54) is 43.4 Å². The Balaban J connectivity index is 1.75. The third-order valence-corrected chi connectivity index (χ3v) is 8.23. The van der Waals surface area contributed by atoms with E-state index in [-0.39, 0.29) is 11.5 Å². The number of hydrogen-bond acceptors (Lipinski definition) is 3. The van der Waals surface area contributed by atoms with E-state index in [0.29, 0.717) is 24.0 Å². The molecule has 4 fully saturated rings. The van der Waals surface area contributed by atoms with Crippen molar-refractivity contribution in [3.05, 3.63) is 42.0 Å². The molecule has 5 rings (SSSR count). The van der Waals surface area contributed by atoms with Gasteiger partial charge in [0.25, 0.3) is 0 Å². The first-order valence-corrected chi connectivity index (χ1v) is 12.0. The quantitative estimate of drug-likeness (QED) is 0.533. The molecule has 3 heteroatoms. The number of aryl methyl sites for hydroxylation is 1. The van der Waals surface area contributed by atoms with E-state index in [2.05, 4.69) is 63.4 Å². The second-order valence-corrected chi connectivity index (χ2v) is 10.6. The summed E-state index contributed by atoms with van der Waals surface area (Å²) in [5, 5.41) is 0. The molecule has 7 atom stereocenters. The molecule has 0 saturated carbocycles. The smallest absolute Gasteiger partial charge is 0.119 e. The van der Waals surface area contributed by atoms with Crippen molar-refractivity contribution >= 4 is 0 Å². The molecule has 2 unspecified atom stereocenters. The van der Waals surface area contributed by atoms with Crippen molar-refractivity contribution in [2.45, 2.75) is 83.5 Å². The monoisotopic (exact) mass is 411 g/mol. The second kappa shape index (κ2) is 8.67. The molecule has 0 aromatic heterocycles. The Kier molecular flexibility index (Phi) is 6.33. The Labute approximate surface area is 183 Å². The number of piperidine rings is 3. The molecule has 4 heterocycles. The molecule has 4 aliphatic rings. The highest BCUT2D eigenvalue weighted by Crippen LogP contribution is 2.52. The molecule has 0 radical (unpaired) electrons. The van der Waals surface area contributed by atoms with E-state index >= 15 is 0 Å². The summed E-state index contributed by atoms with van der Waals surface area (Å²) in [5.74, 6) is 3.08. The first-order chi connectivity index (χ1) is 14.4. The highest BCUT2D eigenvalue weighted by Gasteiger charge is 2.55. The predicted molar refractivity (Wildman–Crippen MR) is 124 cm³/mol. The van der Waals surface area contributed by atoms with Crippen molar-refractivity contribution in [1.29, 1.82) is 0 Å². The van der Waals surface area contributed by atoms with Crippen LogP contribution < -0.4 is 4.74 Å². The Morgan fingerprint density at radius 2 is 2.17 bits per heavy atom. The van der Waals surface area contributed by atoms with Crippen molar-refractivity contribution in [2.24, 2.45) is 17.8 Å². The van der Waals surface area contributed by atoms with Crippen LogP contribution in [0.5, 0.6) is 5.75 Å². The summed E-state index contributed by atoms with van der Waals surface area (Å²) in [6.07, 6.45) is 8.84. The van der Waals surface area contributed by atoms with Gasteiger partial charge in [-0.1, -0.05) is 32.4 Å². The van der Waals surface area contributed by atoms with E-state index in [4.69, 9.17) is 9.47 Å². The van der Waals surface area contributed by atoms with E-state index in [9.17, 15) is 0 Å². The van der Waals surface area contributed by atoms with E-state index in [0.717, 1.165) is 24.6 Å². The van der Waals surface area contributed by atoms with Crippen LogP contribution in [0.15, 0.2) is 30.9 Å². The summed E-state index contributed by atoms with van der Waals surface area (Å²) in [4.78, 5) is 2.73. The van der Waals surface area contributed by atoms with Crippen molar-refractivity contribution in [2.75, 3.05) is 20.2 Å². The van der Waals surface area contributed by atoms with Gasteiger partial charge in [-0.25, -0.2) is 0 Å². The second-order valence-electron chi connectivity index (χ2n) is 10.6. The Morgan fingerprint density at radius 3 is 2.80 bits per heavy atom. The first-order valence-electron chi connectivity index (χ1n) is 12.0. The highest BCUT2D eigenvalue weighted by atomic mass is 16.5. The number of methoxy groups -OCH3 is 1. The summed E-state index contributed by atoms with van der Waals surface area (Å²) >= 11 is 0. The summed E-state index contributed by atoms with van der Waals surface area (Å²) in [6, 6.07) is 7.17. The Morgan fingerprint density at radius 1 is 1.37 bits per heavy atom. The normalized spacial score (nSPS) is 38.2. The maximum atomic E-state index is 6.85. The van der Waals surface area contributed by atoms with Crippen LogP contribution in [0.4, 0.5) is 0 Å². The lowest BCUT2D eigenvalue weighted by Crippen LogP contribution is -2.60. The molecule has 4 aliphatic heterocycles. The third-order valence-electron chi connectivity index (χ3n) is 8.23. The van der Waals surface area contributed by atoms with Crippen LogP contribution in [0, 0.1) is 24.7 Å². The Hall–Kier alpha value is -1.32. The molecule has 30 heavy (non-hydrogen) atoms. The van der Waals surface area contributed by atoms with Gasteiger partial charge in [-0.15, -0.1) is 6.58 Å². The van der Waals surface area contributed by atoms with Crippen molar-refractivity contribution in [1.82, 2.24) is 4.90 Å². The summed E-state index contributed by atoms with van der Waals surface area (Å²) in [6.45, 7) is 15.7. The van der Waals surface area contributed by atoms with Crippen molar-refractivity contribution in [3.63, 3.8) is 0 Å². The molecule has 0 amide bonds. The van der Waals surface area contributed by atoms with Gasteiger partial charge >= 0.3 is 0 Å². The minimum absolute atomic E-state index is 0.0636. The number of rotatable bonds is 7. The number of ether oxygens (including phenoxy) is 2. The van der Waals surface area contributed by atoms with Crippen molar-refractivity contribution in [3.8, 4) is 5.75 Å². The van der Waals surface area contributed by atoms with Crippen LogP contribution in [0.3, 0.4) is 0 Å². The van der Waals surface area contributed by atoms with Crippen LogP contribution in [-0.2, 0) is 10.2 Å². The van der Waals surface area contributed by atoms with E-state index < -0.39 is 0 Å². The maximum Gasteiger partial charge on any atom is 0.119 e. The van der Waals surface area contributed by atoms with Crippen LogP contribution in [-0.4, -0.2) is 43.3 Å². The lowest BCUT2D eigenvalue weighted by molar-refractivity contribution is -0.0828. The zero-order valence-electron chi connectivity index (χ0n) is 19.7. The molecule has 2 bridgehead atoms. The molecular weight excluding hydrogens is 370 g/mol. The summed E-state index contributed by atoms with van der Waals surface area (Å²) in [7, 11) is 1.78. The van der Waals surface area contributed by atoms with Gasteiger partial charge in [0, 0.05) is 18.0 Å². The first kappa shape index (κ1) is 21.9. The SMILES string of the molecule is C=C[C@@H]1CN2CCC1C[C@H]2[C@@H]1O[C@H](C)C[C@]1(CCC(C)C)c1cc(OC)ccc1C. The fraction of sp³-hybridized carbons (Fsp3) is 0.704. The van der Waals surface area contributed by atoms with Crippen LogP contribution >= 0.6 is 0 Å². The van der Waals surface area contributed by atoms with Crippen LogP contribution in [0.25, 0.3) is 0 Å². The van der Waals surface area contributed by atoms with Gasteiger partial charge in [0.1, 0.15) is 5.75 Å². The molecule has 4 saturated heterocycles.